The lowest BCUT2D eigenvalue weighted by Crippen LogP contribution is -2.34. The van der Waals surface area contributed by atoms with E-state index < -0.39 is 12.1 Å². The van der Waals surface area contributed by atoms with Crippen molar-refractivity contribution < 1.29 is 32.9 Å². The summed E-state index contributed by atoms with van der Waals surface area (Å²) in [4.78, 5) is 11.3. The van der Waals surface area contributed by atoms with Crippen molar-refractivity contribution in [3.05, 3.63) is 47.8 Å². The van der Waals surface area contributed by atoms with Gasteiger partial charge in [-0.3, -0.25) is 4.90 Å². The Labute approximate surface area is 177 Å². The number of hydrogen-bond acceptors (Lipinski definition) is 6. The van der Waals surface area contributed by atoms with E-state index in [2.05, 4.69) is 39.5 Å². The molecule has 2 heterocycles. The second-order valence-corrected chi connectivity index (χ2v) is 6.86. The van der Waals surface area contributed by atoms with Crippen molar-refractivity contribution in [2.24, 2.45) is 0 Å². The SMILES string of the molecule is COc1ccc(C=CCN2CCC(n3cc(CO)nn3)CC2)cc1.O=C(O)C(F)(F)F. The lowest BCUT2D eigenvalue weighted by molar-refractivity contribution is -0.192. The Balaban J connectivity index is 0.000000423. The molecule has 0 spiro atoms. The van der Waals surface area contributed by atoms with Crippen LogP contribution in [0.3, 0.4) is 0 Å². The fourth-order valence-electron chi connectivity index (χ4n) is 2.98. The van der Waals surface area contributed by atoms with Crippen LogP contribution in [-0.4, -0.2) is 69.0 Å². The number of aliphatic carboxylic acids is 1. The van der Waals surface area contributed by atoms with Crippen LogP contribution in [0.5, 0.6) is 5.75 Å². The number of nitrogens with zero attached hydrogens (tertiary/aromatic N) is 4. The predicted octanol–water partition coefficient (Wildman–Crippen LogP) is 2.76. The molecule has 2 N–H and O–H groups in total. The number of aliphatic hydroxyl groups is 1. The number of piperidine rings is 1. The zero-order chi connectivity index (χ0) is 22.9. The third-order valence-electron chi connectivity index (χ3n) is 4.68. The smallest absolute Gasteiger partial charge is 0.490 e. The number of aliphatic hydroxyl groups excluding tert-OH is 1. The van der Waals surface area contributed by atoms with E-state index in [9.17, 15) is 13.2 Å². The van der Waals surface area contributed by atoms with Gasteiger partial charge in [0.1, 0.15) is 11.4 Å². The van der Waals surface area contributed by atoms with Crippen molar-refractivity contribution in [1.82, 2.24) is 19.9 Å². The number of hydrogen-bond donors (Lipinski definition) is 2. The van der Waals surface area contributed by atoms with Gasteiger partial charge in [0.25, 0.3) is 0 Å². The molecule has 2 aromatic rings. The standard InChI is InChI=1S/C18H24N4O2.C2HF3O2/c1-24-18-6-4-15(5-7-18)3-2-10-21-11-8-17(9-12-21)22-13-16(14-23)19-20-22;3-2(4,5)1(6)7/h2-7,13,17,23H,8-12,14H2,1H3;(H,6,7). The molecule has 31 heavy (non-hydrogen) atoms. The van der Waals surface area contributed by atoms with E-state index in [1.807, 2.05) is 23.0 Å². The van der Waals surface area contributed by atoms with Crippen LogP contribution in [0.25, 0.3) is 6.08 Å². The van der Waals surface area contributed by atoms with Crippen molar-refractivity contribution in [1.29, 1.82) is 0 Å². The first-order chi connectivity index (χ1) is 14.7. The van der Waals surface area contributed by atoms with Crippen LogP contribution in [0, 0.1) is 0 Å². The summed E-state index contributed by atoms with van der Waals surface area (Å²) < 4.78 is 38.8. The van der Waals surface area contributed by atoms with E-state index in [1.165, 1.54) is 5.56 Å². The summed E-state index contributed by atoms with van der Waals surface area (Å²) in [5.41, 5.74) is 1.82. The van der Waals surface area contributed by atoms with E-state index in [4.69, 9.17) is 19.7 Å². The number of carbonyl (C=O) groups is 1. The number of methoxy groups -OCH3 is 1. The number of halogens is 3. The molecule has 1 aliphatic rings. The molecule has 0 saturated carbocycles. The van der Waals surface area contributed by atoms with Crippen LogP contribution in [0.1, 0.15) is 30.1 Å². The number of alkyl halides is 3. The van der Waals surface area contributed by atoms with Gasteiger partial charge in [0.15, 0.2) is 0 Å². The van der Waals surface area contributed by atoms with Crippen LogP contribution >= 0.6 is 0 Å². The first-order valence-electron chi connectivity index (χ1n) is 9.57. The minimum absolute atomic E-state index is 0.0466. The average molecular weight is 442 g/mol. The van der Waals surface area contributed by atoms with Crippen molar-refractivity contribution in [2.75, 3.05) is 26.7 Å². The average Bonchev–Trinajstić information content (AvgIpc) is 3.24. The van der Waals surface area contributed by atoms with Gasteiger partial charge in [0.2, 0.25) is 0 Å². The Hall–Kier alpha value is -2.92. The molecule has 1 saturated heterocycles. The molecule has 0 unspecified atom stereocenters. The van der Waals surface area contributed by atoms with Crippen molar-refractivity contribution in [3.8, 4) is 5.75 Å². The molecular weight excluding hydrogens is 417 g/mol. The second-order valence-electron chi connectivity index (χ2n) is 6.86. The summed E-state index contributed by atoms with van der Waals surface area (Å²) >= 11 is 0. The van der Waals surface area contributed by atoms with Crippen molar-refractivity contribution in [2.45, 2.75) is 31.7 Å². The number of benzene rings is 1. The van der Waals surface area contributed by atoms with Crippen LogP contribution in [0.4, 0.5) is 13.2 Å². The van der Waals surface area contributed by atoms with Gasteiger partial charge in [-0.1, -0.05) is 29.5 Å². The quantitative estimate of drug-likeness (QED) is 0.710. The lowest BCUT2D eigenvalue weighted by atomic mass is 10.1. The molecule has 1 aromatic carbocycles. The maximum absolute atomic E-state index is 10.6. The van der Waals surface area contributed by atoms with E-state index in [-0.39, 0.29) is 6.61 Å². The number of aromatic nitrogens is 3. The topological polar surface area (TPSA) is 101 Å². The third-order valence-corrected chi connectivity index (χ3v) is 4.68. The first-order valence-corrected chi connectivity index (χ1v) is 9.57. The summed E-state index contributed by atoms with van der Waals surface area (Å²) in [6.45, 7) is 3.00. The molecule has 3 rings (SSSR count). The van der Waals surface area contributed by atoms with Gasteiger partial charge in [-0.2, -0.15) is 13.2 Å². The van der Waals surface area contributed by atoms with Gasteiger partial charge in [-0.25, -0.2) is 9.48 Å². The third kappa shape index (κ3) is 8.02. The minimum Gasteiger partial charge on any atom is -0.497 e. The number of carboxylic acids is 1. The van der Waals surface area contributed by atoms with Crippen LogP contribution < -0.4 is 4.74 Å². The van der Waals surface area contributed by atoms with Gasteiger partial charge in [0.05, 0.1) is 26.0 Å². The highest BCUT2D eigenvalue weighted by Gasteiger charge is 2.38. The van der Waals surface area contributed by atoms with Gasteiger partial charge in [-0.05, 0) is 30.5 Å². The predicted molar refractivity (Wildman–Crippen MR) is 106 cm³/mol. The van der Waals surface area contributed by atoms with Gasteiger partial charge in [-0.15, -0.1) is 5.10 Å². The summed E-state index contributed by atoms with van der Waals surface area (Å²) in [5, 5.41) is 24.3. The van der Waals surface area contributed by atoms with Gasteiger partial charge < -0.3 is 14.9 Å². The molecule has 170 valence electrons. The first kappa shape index (κ1) is 24.4. The summed E-state index contributed by atoms with van der Waals surface area (Å²) in [5.74, 6) is -1.88. The summed E-state index contributed by atoms with van der Waals surface area (Å²) in [6, 6.07) is 8.46. The largest absolute Gasteiger partial charge is 0.497 e. The highest BCUT2D eigenvalue weighted by molar-refractivity contribution is 5.73. The lowest BCUT2D eigenvalue weighted by Gasteiger charge is -2.30. The fourth-order valence-corrected chi connectivity index (χ4v) is 2.98. The number of ether oxygens (including phenoxy) is 1. The Kier molecular flexibility index (Phi) is 9.01. The highest BCUT2D eigenvalue weighted by Crippen LogP contribution is 2.21. The van der Waals surface area contributed by atoms with Gasteiger partial charge in [0, 0.05) is 19.6 Å². The highest BCUT2D eigenvalue weighted by atomic mass is 19.4. The molecule has 1 aromatic heterocycles. The minimum atomic E-state index is -5.08. The van der Waals surface area contributed by atoms with Gasteiger partial charge >= 0.3 is 12.1 Å². The van der Waals surface area contributed by atoms with Crippen molar-refractivity contribution in [3.63, 3.8) is 0 Å². The molecule has 1 aliphatic heterocycles. The van der Waals surface area contributed by atoms with E-state index in [0.717, 1.165) is 38.2 Å². The molecule has 0 radical (unpaired) electrons. The second kappa shape index (κ2) is 11.5. The molecule has 8 nitrogen and oxygen atoms in total. The molecule has 0 aliphatic carbocycles. The molecular formula is C20H25F3N4O4. The molecule has 11 heteroatoms. The zero-order valence-electron chi connectivity index (χ0n) is 17.0. The Bertz CT molecular complexity index is 845. The van der Waals surface area contributed by atoms with E-state index in [0.29, 0.717) is 11.7 Å². The van der Waals surface area contributed by atoms with Crippen LogP contribution in [-0.2, 0) is 11.4 Å². The van der Waals surface area contributed by atoms with E-state index in [1.54, 1.807) is 7.11 Å². The van der Waals surface area contributed by atoms with Crippen LogP contribution in [0.2, 0.25) is 0 Å². The maximum Gasteiger partial charge on any atom is 0.490 e. The molecule has 0 bridgehead atoms. The molecule has 0 amide bonds. The maximum atomic E-state index is 10.6. The molecule has 1 fully saturated rings. The Morgan fingerprint density at radius 2 is 1.87 bits per heavy atom. The number of likely N-dealkylation sites (tertiary alicyclic amines) is 1. The monoisotopic (exact) mass is 442 g/mol. The summed E-state index contributed by atoms with van der Waals surface area (Å²) in [7, 11) is 1.68. The number of carboxylic acid groups (broad SMARTS) is 1. The van der Waals surface area contributed by atoms with Crippen LogP contribution in [0.15, 0.2) is 36.5 Å². The van der Waals surface area contributed by atoms with E-state index >= 15 is 0 Å². The molecule has 0 atom stereocenters. The fraction of sp³-hybridized carbons (Fsp3) is 0.450. The summed E-state index contributed by atoms with van der Waals surface area (Å²) in [6.07, 6.45) is 3.25. The Morgan fingerprint density at radius 3 is 2.35 bits per heavy atom. The normalized spacial score (nSPS) is 15.5. The zero-order valence-corrected chi connectivity index (χ0v) is 17.0. The Morgan fingerprint density at radius 1 is 1.26 bits per heavy atom. The van der Waals surface area contributed by atoms with Crippen molar-refractivity contribution >= 4 is 12.0 Å². The number of rotatable bonds is 6.